The van der Waals surface area contributed by atoms with Gasteiger partial charge in [0.1, 0.15) is 0 Å². The molecule has 0 aliphatic heterocycles. The van der Waals surface area contributed by atoms with Crippen LogP contribution < -0.4 is 4.72 Å². The molecule has 0 amide bonds. The third-order valence-corrected chi connectivity index (χ3v) is 4.48. The highest BCUT2D eigenvalue weighted by Gasteiger charge is 2.15. The van der Waals surface area contributed by atoms with Crippen molar-refractivity contribution in [2.75, 3.05) is 11.9 Å². The van der Waals surface area contributed by atoms with E-state index in [0.29, 0.717) is 11.9 Å². The molecule has 74 valence electrons. The minimum Gasteiger partial charge on any atom is -0.249 e. The van der Waals surface area contributed by atoms with Crippen LogP contribution in [0.3, 0.4) is 0 Å². The lowest BCUT2D eigenvalue weighted by molar-refractivity contribution is 0.586. The lowest BCUT2D eigenvalue weighted by Crippen LogP contribution is -2.24. The molecule has 1 rings (SSSR count). The van der Waals surface area contributed by atoms with E-state index in [4.69, 9.17) is 0 Å². The first kappa shape index (κ1) is 11.1. The fourth-order valence-electron chi connectivity index (χ4n) is 0.710. The highest BCUT2D eigenvalue weighted by molar-refractivity contribution is 9.09. The highest BCUT2D eigenvalue weighted by atomic mass is 79.9. The van der Waals surface area contributed by atoms with Gasteiger partial charge in [0.25, 0.3) is 10.0 Å². The van der Waals surface area contributed by atoms with Crippen LogP contribution in [0, 0.1) is 6.92 Å². The normalized spacial score (nSPS) is 11.8. The molecule has 7 heteroatoms. The smallest absolute Gasteiger partial charge is 0.249 e. The van der Waals surface area contributed by atoms with Gasteiger partial charge in [-0.15, -0.1) is 11.3 Å². The van der Waals surface area contributed by atoms with Crippen LogP contribution in [0.5, 0.6) is 0 Å². The van der Waals surface area contributed by atoms with Crippen molar-refractivity contribution in [3.63, 3.8) is 0 Å². The van der Waals surface area contributed by atoms with Crippen LogP contribution in [-0.2, 0) is 10.0 Å². The van der Waals surface area contributed by atoms with E-state index in [-0.39, 0.29) is 4.21 Å². The van der Waals surface area contributed by atoms with Crippen molar-refractivity contribution < 1.29 is 8.42 Å². The summed E-state index contributed by atoms with van der Waals surface area (Å²) in [5.74, 6) is 0. The summed E-state index contributed by atoms with van der Waals surface area (Å²) in [4.78, 5) is 3.88. The second kappa shape index (κ2) is 4.50. The van der Waals surface area contributed by atoms with E-state index in [1.807, 2.05) is 0 Å². The molecule has 1 heterocycles. The molecule has 1 aromatic rings. The number of nitrogens with zero attached hydrogens (tertiary/aromatic N) is 1. The zero-order chi connectivity index (χ0) is 9.90. The van der Waals surface area contributed by atoms with Crippen molar-refractivity contribution in [2.45, 2.75) is 11.1 Å². The van der Waals surface area contributed by atoms with Gasteiger partial charge in [0, 0.05) is 11.9 Å². The summed E-state index contributed by atoms with van der Waals surface area (Å²) in [6.07, 6.45) is 1.37. The predicted molar refractivity (Wildman–Crippen MR) is 55.8 cm³/mol. The Labute approximate surface area is 89.6 Å². The van der Waals surface area contributed by atoms with Crippen LogP contribution in [0.15, 0.2) is 10.4 Å². The number of rotatable bonds is 4. The molecule has 0 unspecified atom stereocenters. The average Bonchev–Trinajstić information content (AvgIpc) is 2.49. The van der Waals surface area contributed by atoms with E-state index >= 15 is 0 Å². The van der Waals surface area contributed by atoms with Gasteiger partial charge in [-0.2, -0.15) is 0 Å². The summed E-state index contributed by atoms with van der Waals surface area (Å²) in [5, 5.41) is 1.35. The molecule has 0 spiro atoms. The summed E-state index contributed by atoms with van der Waals surface area (Å²) in [6.45, 7) is 2.16. The summed E-state index contributed by atoms with van der Waals surface area (Å²) >= 11 is 4.31. The van der Waals surface area contributed by atoms with Gasteiger partial charge in [-0.1, -0.05) is 15.9 Å². The van der Waals surface area contributed by atoms with Crippen molar-refractivity contribution >= 4 is 37.3 Å². The molecule has 0 aromatic carbocycles. The molecular formula is C6H9BrN2O2S2. The number of thiazole rings is 1. The number of aryl methyl sites for hydroxylation is 1. The summed E-state index contributed by atoms with van der Waals surface area (Å²) in [7, 11) is -3.33. The van der Waals surface area contributed by atoms with Crippen LogP contribution in [0.25, 0.3) is 0 Å². The average molecular weight is 285 g/mol. The number of hydrogen-bond donors (Lipinski definition) is 1. The number of nitrogens with one attached hydrogen (secondary N) is 1. The van der Waals surface area contributed by atoms with Crippen LogP contribution in [0.2, 0.25) is 0 Å². The highest BCUT2D eigenvalue weighted by Crippen LogP contribution is 2.16. The fraction of sp³-hybridized carbons (Fsp3) is 0.500. The molecule has 0 bridgehead atoms. The van der Waals surface area contributed by atoms with E-state index in [2.05, 4.69) is 25.6 Å². The topological polar surface area (TPSA) is 59.1 Å². The Hall–Kier alpha value is 0.0200. The van der Waals surface area contributed by atoms with Crippen LogP contribution in [0.4, 0.5) is 0 Å². The zero-order valence-corrected chi connectivity index (χ0v) is 10.2. The van der Waals surface area contributed by atoms with Gasteiger partial charge in [-0.25, -0.2) is 18.1 Å². The third kappa shape index (κ3) is 3.01. The van der Waals surface area contributed by atoms with Gasteiger partial charge in [-0.05, 0) is 6.92 Å². The van der Waals surface area contributed by atoms with Crippen molar-refractivity contribution in [3.8, 4) is 0 Å². The Kier molecular flexibility index (Phi) is 3.84. The molecule has 0 saturated heterocycles. The van der Waals surface area contributed by atoms with Crippen molar-refractivity contribution in [1.29, 1.82) is 0 Å². The van der Waals surface area contributed by atoms with Gasteiger partial charge in [0.15, 0.2) is 4.21 Å². The number of halogens is 1. The van der Waals surface area contributed by atoms with Crippen molar-refractivity contribution in [2.24, 2.45) is 0 Å². The maximum atomic E-state index is 11.4. The van der Waals surface area contributed by atoms with E-state index < -0.39 is 10.0 Å². The number of alkyl halides is 1. The minimum absolute atomic E-state index is 0.269. The lowest BCUT2D eigenvalue weighted by Gasteiger charge is -2.00. The fourth-order valence-corrected chi connectivity index (χ4v) is 3.35. The first-order valence-electron chi connectivity index (χ1n) is 3.54. The van der Waals surface area contributed by atoms with Gasteiger partial charge in [0.2, 0.25) is 0 Å². The first-order chi connectivity index (χ1) is 6.06. The quantitative estimate of drug-likeness (QED) is 0.843. The van der Waals surface area contributed by atoms with Gasteiger partial charge >= 0.3 is 0 Å². The molecule has 0 aliphatic carbocycles. The standard InChI is InChI=1S/C6H9BrN2O2S2/c1-5-8-4-6(12-5)13(10,11)9-3-2-7/h4,9H,2-3H2,1H3. The first-order valence-corrected chi connectivity index (χ1v) is 6.96. The molecule has 0 atom stereocenters. The summed E-state index contributed by atoms with van der Waals surface area (Å²) in [5.41, 5.74) is 0. The Morgan fingerprint density at radius 1 is 1.69 bits per heavy atom. The largest absolute Gasteiger partial charge is 0.251 e. The molecule has 0 radical (unpaired) electrons. The SMILES string of the molecule is Cc1ncc(S(=O)(=O)NCCBr)s1. The molecule has 13 heavy (non-hydrogen) atoms. The van der Waals surface area contributed by atoms with Crippen LogP contribution in [-0.4, -0.2) is 25.3 Å². The van der Waals surface area contributed by atoms with Crippen LogP contribution >= 0.6 is 27.3 Å². The Morgan fingerprint density at radius 3 is 2.85 bits per heavy atom. The van der Waals surface area contributed by atoms with Gasteiger partial charge in [0.05, 0.1) is 11.2 Å². The predicted octanol–water partition coefficient (Wildman–Crippen LogP) is 1.12. The van der Waals surface area contributed by atoms with E-state index in [0.717, 1.165) is 5.01 Å². The van der Waals surface area contributed by atoms with E-state index in [1.165, 1.54) is 17.5 Å². The Bertz CT molecular complexity index is 374. The van der Waals surface area contributed by atoms with Crippen LogP contribution in [0.1, 0.15) is 5.01 Å². The summed E-state index contributed by atoms with van der Waals surface area (Å²) < 4.78 is 25.6. The van der Waals surface area contributed by atoms with E-state index in [9.17, 15) is 8.42 Å². The van der Waals surface area contributed by atoms with E-state index in [1.54, 1.807) is 6.92 Å². The number of hydrogen-bond acceptors (Lipinski definition) is 4. The maximum absolute atomic E-state index is 11.4. The minimum atomic E-state index is -3.33. The zero-order valence-electron chi connectivity index (χ0n) is 6.95. The molecular weight excluding hydrogens is 276 g/mol. The van der Waals surface area contributed by atoms with Gasteiger partial charge in [-0.3, -0.25) is 0 Å². The molecule has 0 saturated carbocycles. The Morgan fingerprint density at radius 2 is 2.38 bits per heavy atom. The second-order valence-corrected chi connectivity index (χ2v) is 6.31. The van der Waals surface area contributed by atoms with Crippen molar-refractivity contribution in [1.82, 2.24) is 9.71 Å². The number of sulfonamides is 1. The number of aromatic nitrogens is 1. The lowest BCUT2D eigenvalue weighted by atomic mass is 10.8. The monoisotopic (exact) mass is 284 g/mol. The third-order valence-electron chi connectivity index (χ3n) is 1.25. The molecule has 0 fully saturated rings. The van der Waals surface area contributed by atoms with Crippen molar-refractivity contribution in [3.05, 3.63) is 11.2 Å². The Balaban J connectivity index is 2.82. The molecule has 1 aromatic heterocycles. The molecule has 0 aliphatic rings. The molecule has 4 nitrogen and oxygen atoms in total. The summed E-state index contributed by atoms with van der Waals surface area (Å²) in [6, 6.07) is 0. The molecule has 1 N–H and O–H groups in total. The van der Waals surface area contributed by atoms with Gasteiger partial charge < -0.3 is 0 Å². The maximum Gasteiger partial charge on any atom is 0.251 e. The second-order valence-electron chi connectivity index (χ2n) is 2.29.